The van der Waals surface area contributed by atoms with Crippen molar-refractivity contribution in [1.82, 2.24) is 10.2 Å². The molecule has 0 saturated heterocycles. The SMILES string of the molecule is Cc1ccc(S(=O)(=O)N(CC(=O)N(Cc2c(Cl)cccc2Cl)C(C)C(=O)NC2CCCC2)c2cccc(C)c2C)cc1. The van der Waals surface area contributed by atoms with Crippen molar-refractivity contribution in [3.05, 3.63) is 93.0 Å². The van der Waals surface area contributed by atoms with Crippen LogP contribution in [-0.2, 0) is 26.2 Å². The molecule has 3 aromatic carbocycles. The summed E-state index contributed by atoms with van der Waals surface area (Å²) < 4.78 is 29.3. The van der Waals surface area contributed by atoms with Gasteiger partial charge in [0.15, 0.2) is 0 Å². The molecular formula is C32H37Cl2N3O4S. The minimum absolute atomic E-state index is 0.0501. The molecule has 1 atom stereocenters. The quantitative estimate of drug-likeness (QED) is 0.274. The number of aryl methyl sites for hydroxylation is 2. The van der Waals surface area contributed by atoms with Crippen molar-refractivity contribution in [3.8, 4) is 0 Å². The van der Waals surface area contributed by atoms with Crippen LogP contribution in [0.2, 0.25) is 10.0 Å². The average molecular weight is 631 g/mol. The van der Waals surface area contributed by atoms with Crippen molar-refractivity contribution >= 4 is 50.7 Å². The first-order valence-electron chi connectivity index (χ1n) is 14.1. The van der Waals surface area contributed by atoms with Crippen molar-refractivity contribution in [2.75, 3.05) is 10.8 Å². The summed E-state index contributed by atoms with van der Waals surface area (Å²) in [5, 5.41) is 3.76. The zero-order valence-electron chi connectivity index (χ0n) is 24.4. The van der Waals surface area contributed by atoms with Crippen LogP contribution in [0.15, 0.2) is 65.6 Å². The fourth-order valence-corrected chi connectivity index (χ4v) is 7.17. The largest absolute Gasteiger partial charge is 0.352 e. The normalized spacial score (nSPS) is 14.4. The lowest BCUT2D eigenvalue weighted by atomic mass is 10.1. The molecule has 0 radical (unpaired) electrons. The van der Waals surface area contributed by atoms with Crippen molar-refractivity contribution in [1.29, 1.82) is 0 Å². The standard InChI is InChI=1S/C32H37Cl2N3O4S/c1-21-15-17-26(18-16-21)42(40,41)37(30-14-7-9-22(2)23(30)3)20-31(38)36(19-27-28(33)12-8-13-29(27)34)24(4)32(39)35-25-10-5-6-11-25/h7-9,12-18,24-25H,5-6,10-11,19-20H2,1-4H3,(H,35,39). The number of nitrogens with one attached hydrogen (secondary N) is 1. The maximum absolute atomic E-state index is 14.2. The predicted molar refractivity (Wildman–Crippen MR) is 168 cm³/mol. The zero-order valence-corrected chi connectivity index (χ0v) is 26.7. The van der Waals surface area contributed by atoms with E-state index in [2.05, 4.69) is 5.32 Å². The fraction of sp³-hybridized carbons (Fsp3) is 0.375. The monoisotopic (exact) mass is 629 g/mol. The number of rotatable bonds is 10. The Morgan fingerprint density at radius 1 is 0.929 bits per heavy atom. The van der Waals surface area contributed by atoms with Gasteiger partial charge < -0.3 is 10.2 Å². The third kappa shape index (κ3) is 7.10. The Morgan fingerprint density at radius 3 is 2.14 bits per heavy atom. The van der Waals surface area contributed by atoms with Crippen molar-refractivity contribution in [3.63, 3.8) is 0 Å². The summed E-state index contributed by atoms with van der Waals surface area (Å²) in [7, 11) is -4.16. The van der Waals surface area contributed by atoms with E-state index in [0.29, 0.717) is 21.3 Å². The van der Waals surface area contributed by atoms with Crippen molar-refractivity contribution in [2.24, 2.45) is 0 Å². The first-order chi connectivity index (χ1) is 19.9. The third-order valence-corrected chi connectivity index (χ3v) is 10.5. The molecule has 1 aliphatic carbocycles. The van der Waals surface area contributed by atoms with Gasteiger partial charge in [-0.2, -0.15) is 0 Å². The number of nitrogens with zero attached hydrogens (tertiary/aromatic N) is 2. The summed E-state index contributed by atoms with van der Waals surface area (Å²) in [6, 6.07) is 16.0. The van der Waals surface area contributed by atoms with E-state index in [1.165, 1.54) is 17.0 Å². The van der Waals surface area contributed by atoms with Gasteiger partial charge in [0.05, 0.1) is 10.6 Å². The van der Waals surface area contributed by atoms with E-state index in [1.807, 2.05) is 26.8 Å². The highest BCUT2D eigenvalue weighted by Crippen LogP contribution is 2.31. The minimum Gasteiger partial charge on any atom is -0.352 e. The summed E-state index contributed by atoms with van der Waals surface area (Å²) in [5.74, 6) is -0.866. The molecule has 224 valence electrons. The van der Waals surface area contributed by atoms with Gasteiger partial charge in [-0.1, -0.05) is 71.9 Å². The van der Waals surface area contributed by atoms with Gasteiger partial charge in [-0.15, -0.1) is 0 Å². The lowest BCUT2D eigenvalue weighted by Crippen LogP contribution is -2.52. The fourth-order valence-electron chi connectivity index (χ4n) is 5.18. The first kappa shape index (κ1) is 31.9. The highest BCUT2D eigenvalue weighted by molar-refractivity contribution is 7.92. The second-order valence-electron chi connectivity index (χ2n) is 10.9. The molecule has 1 N–H and O–H groups in total. The number of carbonyl (C=O) groups is 2. The van der Waals surface area contributed by atoms with E-state index >= 15 is 0 Å². The Bertz CT molecular complexity index is 1530. The number of halogens is 2. The van der Waals surface area contributed by atoms with Crippen LogP contribution < -0.4 is 9.62 Å². The van der Waals surface area contributed by atoms with Gasteiger partial charge in [0.2, 0.25) is 11.8 Å². The summed E-state index contributed by atoms with van der Waals surface area (Å²) in [6.07, 6.45) is 3.85. The van der Waals surface area contributed by atoms with E-state index < -0.39 is 28.5 Å². The van der Waals surface area contributed by atoms with E-state index in [9.17, 15) is 18.0 Å². The molecule has 1 saturated carbocycles. The Labute approximate surface area is 258 Å². The second-order valence-corrected chi connectivity index (χ2v) is 13.6. The highest BCUT2D eigenvalue weighted by Gasteiger charge is 2.34. The highest BCUT2D eigenvalue weighted by atomic mass is 35.5. The molecule has 1 fully saturated rings. The number of sulfonamides is 1. The predicted octanol–water partition coefficient (Wildman–Crippen LogP) is 6.59. The molecule has 0 aliphatic heterocycles. The van der Waals surface area contributed by atoms with Crippen LogP contribution in [-0.4, -0.2) is 43.8 Å². The molecule has 0 heterocycles. The van der Waals surface area contributed by atoms with Gasteiger partial charge in [-0.3, -0.25) is 13.9 Å². The smallest absolute Gasteiger partial charge is 0.264 e. The van der Waals surface area contributed by atoms with Crippen LogP contribution in [0.1, 0.15) is 54.9 Å². The molecule has 10 heteroatoms. The summed E-state index contributed by atoms with van der Waals surface area (Å²) >= 11 is 13.0. The molecule has 3 aromatic rings. The van der Waals surface area contributed by atoms with E-state index in [1.54, 1.807) is 49.4 Å². The first-order valence-corrected chi connectivity index (χ1v) is 16.3. The Balaban J connectivity index is 1.75. The second kappa shape index (κ2) is 13.5. The zero-order chi connectivity index (χ0) is 30.6. The summed E-state index contributed by atoms with van der Waals surface area (Å²) in [4.78, 5) is 29.1. The van der Waals surface area contributed by atoms with E-state index in [0.717, 1.165) is 46.7 Å². The van der Waals surface area contributed by atoms with Gasteiger partial charge in [0.1, 0.15) is 12.6 Å². The van der Waals surface area contributed by atoms with Crippen LogP contribution in [0.25, 0.3) is 0 Å². The number of anilines is 1. The molecular weight excluding hydrogens is 593 g/mol. The van der Waals surface area contributed by atoms with Gasteiger partial charge in [0.25, 0.3) is 10.0 Å². The van der Waals surface area contributed by atoms with Gasteiger partial charge >= 0.3 is 0 Å². The van der Waals surface area contributed by atoms with Crippen LogP contribution in [0.4, 0.5) is 5.69 Å². The maximum atomic E-state index is 14.2. The van der Waals surface area contributed by atoms with Crippen LogP contribution >= 0.6 is 23.2 Å². The third-order valence-electron chi connectivity index (χ3n) is 7.99. The Kier molecular flexibility index (Phi) is 10.2. The number of hydrogen-bond acceptors (Lipinski definition) is 4. The molecule has 0 spiro atoms. The van der Waals surface area contributed by atoms with Crippen molar-refractivity contribution < 1.29 is 18.0 Å². The number of hydrogen-bond donors (Lipinski definition) is 1. The molecule has 7 nitrogen and oxygen atoms in total. The molecule has 1 aliphatic rings. The Morgan fingerprint density at radius 2 is 1.52 bits per heavy atom. The molecule has 2 amide bonds. The number of amides is 2. The molecule has 42 heavy (non-hydrogen) atoms. The van der Waals surface area contributed by atoms with Crippen molar-refractivity contribution in [2.45, 2.75) is 76.9 Å². The molecule has 4 rings (SSSR count). The lowest BCUT2D eigenvalue weighted by molar-refractivity contribution is -0.139. The van der Waals surface area contributed by atoms with Gasteiger partial charge in [-0.25, -0.2) is 8.42 Å². The number of benzene rings is 3. The van der Waals surface area contributed by atoms with Crippen LogP contribution in [0.3, 0.4) is 0 Å². The summed E-state index contributed by atoms with van der Waals surface area (Å²) in [6.45, 7) is 6.64. The van der Waals surface area contributed by atoms with Crippen LogP contribution in [0, 0.1) is 20.8 Å². The van der Waals surface area contributed by atoms with Gasteiger partial charge in [-0.05, 0) is 82.0 Å². The number of carbonyl (C=O) groups excluding carboxylic acids is 2. The Hall–Kier alpha value is -3.07. The van der Waals surface area contributed by atoms with E-state index in [4.69, 9.17) is 23.2 Å². The minimum atomic E-state index is -4.16. The summed E-state index contributed by atoms with van der Waals surface area (Å²) in [5.41, 5.74) is 3.40. The van der Waals surface area contributed by atoms with E-state index in [-0.39, 0.29) is 23.4 Å². The molecule has 0 aromatic heterocycles. The average Bonchev–Trinajstić information content (AvgIpc) is 3.46. The molecule has 0 bridgehead atoms. The molecule has 1 unspecified atom stereocenters. The topological polar surface area (TPSA) is 86.8 Å². The van der Waals surface area contributed by atoms with Gasteiger partial charge in [0, 0.05) is 28.2 Å². The lowest BCUT2D eigenvalue weighted by Gasteiger charge is -2.33. The van der Waals surface area contributed by atoms with Crippen LogP contribution in [0.5, 0.6) is 0 Å². The maximum Gasteiger partial charge on any atom is 0.264 e.